The van der Waals surface area contributed by atoms with Crippen LogP contribution < -0.4 is 34.7 Å². The van der Waals surface area contributed by atoms with Crippen molar-refractivity contribution in [2.45, 2.75) is 5.25 Å². The predicted octanol–water partition coefficient (Wildman–Crippen LogP) is -2.52. The number of hydrogen-bond donors (Lipinski definition) is 0. The summed E-state index contributed by atoms with van der Waals surface area (Å²) in [6, 6.07) is 0. The summed E-state index contributed by atoms with van der Waals surface area (Å²) in [5.74, 6) is -1.05. The molecule has 0 amide bonds. The average Bonchev–Trinajstić information content (AvgIpc) is 1.84. The van der Waals surface area contributed by atoms with Crippen molar-refractivity contribution in [1.29, 1.82) is 0 Å². The first-order valence-electron chi connectivity index (χ1n) is 3.17. The van der Waals surface area contributed by atoms with E-state index in [1.807, 2.05) is 6.08 Å². The number of hydrogen-bond acceptors (Lipinski definition) is 3. The van der Waals surface area contributed by atoms with Gasteiger partial charge in [-0.2, -0.15) is 0 Å². The van der Waals surface area contributed by atoms with Crippen molar-refractivity contribution in [3.8, 4) is 0 Å². The van der Waals surface area contributed by atoms with Gasteiger partial charge in [0.15, 0.2) is 0 Å². The molecule has 1 rings (SSSR count). The summed E-state index contributed by atoms with van der Waals surface area (Å²) < 4.78 is 0. The molecule has 1 unspecified atom stereocenters. The summed E-state index contributed by atoms with van der Waals surface area (Å²) in [5, 5.41) is 11.6. The van der Waals surface area contributed by atoms with Gasteiger partial charge in [0.25, 0.3) is 0 Å². The molecule has 1 aliphatic rings. The van der Waals surface area contributed by atoms with E-state index >= 15 is 0 Å². The van der Waals surface area contributed by atoms with Crippen LogP contribution in [0.2, 0.25) is 0 Å². The minimum atomic E-state index is -1.05. The number of aliphatic carboxylic acids is 1. The molecule has 0 aromatic heterocycles. The summed E-state index contributed by atoms with van der Waals surface area (Å²) >= 11 is 1.22. The van der Waals surface area contributed by atoms with Gasteiger partial charge in [0.05, 0.1) is 11.2 Å². The third-order valence-electron chi connectivity index (χ3n) is 1.16. The van der Waals surface area contributed by atoms with E-state index in [-0.39, 0.29) is 29.6 Å². The molecular formula is C8H7NaO2S. The van der Waals surface area contributed by atoms with Gasteiger partial charge in [-0.3, -0.25) is 0 Å². The van der Waals surface area contributed by atoms with E-state index in [2.05, 4.69) is 0 Å². The number of carboxylic acids is 1. The molecule has 0 saturated carbocycles. The quantitative estimate of drug-likeness (QED) is 0.428. The number of carbonyl (C=O) groups excluding carboxylic acids is 1. The fourth-order valence-corrected chi connectivity index (χ4v) is 1.29. The first kappa shape index (κ1) is 12.0. The average molecular weight is 190 g/mol. The Kier molecular flexibility index (Phi) is 6.57. The van der Waals surface area contributed by atoms with Crippen LogP contribution in [0.25, 0.3) is 0 Å². The van der Waals surface area contributed by atoms with Gasteiger partial charge < -0.3 is 9.90 Å². The minimum Gasteiger partial charge on any atom is -0.549 e. The van der Waals surface area contributed by atoms with Crippen LogP contribution in [0, 0.1) is 0 Å². The molecule has 0 spiro atoms. The normalized spacial score (nSPS) is 28.8. The number of rotatable bonds is 1. The molecule has 0 saturated heterocycles. The van der Waals surface area contributed by atoms with Crippen LogP contribution in [0.3, 0.4) is 0 Å². The van der Waals surface area contributed by atoms with E-state index in [0.717, 1.165) is 0 Å². The van der Waals surface area contributed by atoms with Gasteiger partial charge >= 0.3 is 29.6 Å². The van der Waals surface area contributed by atoms with E-state index in [4.69, 9.17) is 0 Å². The van der Waals surface area contributed by atoms with Crippen LogP contribution in [0.5, 0.6) is 0 Å². The summed E-state index contributed by atoms with van der Waals surface area (Å²) in [5.41, 5.74) is 0. The maximum absolute atomic E-state index is 10.4. The zero-order chi connectivity index (χ0) is 8.10. The Bertz CT molecular complexity index is 233. The molecule has 4 heteroatoms. The van der Waals surface area contributed by atoms with Crippen molar-refractivity contribution in [2.75, 3.05) is 0 Å². The molecule has 0 fully saturated rings. The second-order valence-electron chi connectivity index (χ2n) is 1.97. The van der Waals surface area contributed by atoms with Crippen molar-refractivity contribution in [3.63, 3.8) is 0 Å². The standard InChI is InChI=1S/C8H8O2S.Na/c9-8(10)7-5-3-1-2-4-6-11-7;/h1-7H,(H,9,10);/q;+1/p-1/b2-1-,5-3-,6-4-;. The zero-order valence-corrected chi connectivity index (χ0v) is 9.58. The van der Waals surface area contributed by atoms with E-state index in [0.29, 0.717) is 0 Å². The van der Waals surface area contributed by atoms with Gasteiger partial charge in [-0.1, -0.05) is 30.4 Å². The van der Waals surface area contributed by atoms with Gasteiger partial charge in [0, 0.05) is 0 Å². The van der Waals surface area contributed by atoms with E-state index in [1.54, 1.807) is 29.7 Å². The van der Waals surface area contributed by atoms with Crippen LogP contribution in [0.4, 0.5) is 0 Å². The minimum absolute atomic E-state index is 0. The van der Waals surface area contributed by atoms with Crippen molar-refractivity contribution in [3.05, 3.63) is 35.8 Å². The first-order chi connectivity index (χ1) is 5.30. The maximum Gasteiger partial charge on any atom is 1.00 e. The SMILES string of the molecule is O=C([O-])C1\C=C/C=C\C=C/S1.[Na+]. The predicted molar refractivity (Wildman–Crippen MR) is 43.8 cm³/mol. The Labute approximate surface area is 97.7 Å². The molecule has 2 nitrogen and oxygen atoms in total. The van der Waals surface area contributed by atoms with Crippen molar-refractivity contribution in [1.82, 2.24) is 0 Å². The number of carbonyl (C=O) groups is 1. The Balaban J connectivity index is 0.00000121. The van der Waals surface area contributed by atoms with Crippen molar-refractivity contribution >= 4 is 17.7 Å². The van der Waals surface area contributed by atoms with Gasteiger partial charge in [-0.25, -0.2) is 0 Å². The first-order valence-corrected chi connectivity index (χ1v) is 4.11. The molecule has 1 aliphatic heterocycles. The smallest absolute Gasteiger partial charge is 0.549 e. The maximum atomic E-state index is 10.4. The number of thioether (sulfide) groups is 1. The number of allylic oxidation sites excluding steroid dienone is 4. The largest absolute Gasteiger partial charge is 1.00 e. The second kappa shape index (κ2) is 6.54. The molecule has 0 bridgehead atoms. The topological polar surface area (TPSA) is 40.1 Å². The molecule has 0 aliphatic carbocycles. The van der Waals surface area contributed by atoms with Gasteiger partial charge in [-0.05, 0) is 5.41 Å². The Morgan fingerprint density at radius 1 is 1.25 bits per heavy atom. The van der Waals surface area contributed by atoms with E-state index < -0.39 is 11.2 Å². The Hall–Kier alpha value is 0.0400. The Morgan fingerprint density at radius 2 is 1.92 bits per heavy atom. The van der Waals surface area contributed by atoms with Gasteiger partial charge in [0.1, 0.15) is 0 Å². The third kappa shape index (κ3) is 4.16. The van der Waals surface area contributed by atoms with Crippen molar-refractivity contribution < 1.29 is 39.5 Å². The zero-order valence-electron chi connectivity index (χ0n) is 6.77. The Morgan fingerprint density at radius 3 is 2.58 bits per heavy atom. The van der Waals surface area contributed by atoms with Crippen LogP contribution in [0.15, 0.2) is 35.8 Å². The molecule has 0 N–H and O–H groups in total. The second-order valence-corrected chi connectivity index (χ2v) is 3.03. The molecule has 0 aromatic rings. The van der Waals surface area contributed by atoms with Crippen LogP contribution in [0.1, 0.15) is 0 Å². The third-order valence-corrected chi connectivity index (χ3v) is 2.11. The molecule has 0 radical (unpaired) electrons. The summed E-state index contributed by atoms with van der Waals surface area (Å²) in [6.07, 6.45) is 8.72. The van der Waals surface area contributed by atoms with Gasteiger partial charge in [-0.15, -0.1) is 11.8 Å². The molecular weight excluding hydrogens is 183 g/mol. The molecule has 58 valence electrons. The van der Waals surface area contributed by atoms with Crippen LogP contribution in [-0.4, -0.2) is 11.2 Å². The van der Waals surface area contributed by atoms with Crippen LogP contribution in [-0.2, 0) is 4.79 Å². The number of carboxylic acid groups (broad SMARTS) is 1. The molecule has 12 heavy (non-hydrogen) atoms. The van der Waals surface area contributed by atoms with Gasteiger partial charge in [0.2, 0.25) is 0 Å². The summed E-state index contributed by atoms with van der Waals surface area (Å²) in [6.45, 7) is 0. The fourth-order valence-electron chi connectivity index (χ4n) is 0.648. The molecule has 1 heterocycles. The molecule has 1 atom stereocenters. The van der Waals surface area contributed by atoms with Crippen molar-refractivity contribution in [2.24, 2.45) is 0 Å². The monoisotopic (exact) mass is 190 g/mol. The fraction of sp³-hybridized carbons (Fsp3) is 0.125. The summed E-state index contributed by atoms with van der Waals surface area (Å²) in [7, 11) is 0. The van der Waals surface area contributed by atoms with E-state index in [1.165, 1.54) is 11.8 Å². The molecule has 0 aromatic carbocycles. The van der Waals surface area contributed by atoms with E-state index in [9.17, 15) is 9.90 Å². The summed E-state index contributed by atoms with van der Waals surface area (Å²) in [4.78, 5) is 10.4. The van der Waals surface area contributed by atoms with Crippen LogP contribution >= 0.6 is 11.8 Å².